The molecule has 0 spiro atoms. The second kappa shape index (κ2) is 6.83. The molecule has 2 aromatic rings. The zero-order chi connectivity index (χ0) is 16.2. The van der Waals surface area contributed by atoms with Gasteiger partial charge in [0, 0.05) is 23.9 Å². The standard InChI is InChI=1S/C17H17NO4S/c19-16(20)14-10-18(9-13(14)15-7-4-8-23-15)17(21)22-11-12-5-2-1-3-6-12/h1-8,13-14H,9-11H2,(H,19,20). The van der Waals surface area contributed by atoms with Gasteiger partial charge in [-0.3, -0.25) is 4.79 Å². The molecule has 120 valence electrons. The highest BCUT2D eigenvalue weighted by Crippen LogP contribution is 2.35. The van der Waals surface area contributed by atoms with Crippen LogP contribution in [0.1, 0.15) is 16.4 Å². The minimum absolute atomic E-state index is 0.170. The lowest BCUT2D eigenvalue weighted by molar-refractivity contribution is -0.141. The van der Waals surface area contributed by atoms with Crippen molar-refractivity contribution in [2.45, 2.75) is 12.5 Å². The van der Waals surface area contributed by atoms with Gasteiger partial charge in [0.2, 0.25) is 0 Å². The summed E-state index contributed by atoms with van der Waals surface area (Å²) < 4.78 is 5.30. The second-order valence-corrected chi connectivity index (χ2v) is 6.49. The van der Waals surface area contributed by atoms with Gasteiger partial charge in [-0.1, -0.05) is 36.4 Å². The molecule has 3 rings (SSSR count). The number of carboxylic acid groups (broad SMARTS) is 1. The fraction of sp³-hybridized carbons (Fsp3) is 0.294. The van der Waals surface area contributed by atoms with Gasteiger partial charge < -0.3 is 14.7 Å². The molecule has 2 heterocycles. The molecule has 5 nitrogen and oxygen atoms in total. The van der Waals surface area contributed by atoms with Crippen molar-refractivity contribution in [3.63, 3.8) is 0 Å². The van der Waals surface area contributed by atoms with Crippen molar-refractivity contribution in [2.24, 2.45) is 5.92 Å². The fourth-order valence-corrected chi connectivity index (χ4v) is 3.69. The number of carboxylic acids is 1. The lowest BCUT2D eigenvalue weighted by atomic mass is 9.95. The van der Waals surface area contributed by atoms with E-state index in [-0.39, 0.29) is 19.1 Å². The Hall–Kier alpha value is -2.34. The molecule has 2 atom stereocenters. The number of carbonyl (C=O) groups excluding carboxylic acids is 1. The van der Waals surface area contributed by atoms with Crippen molar-refractivity contribution in [1.29, 1.82) is 0 Å². The molecular formula is C17H17NO4S. The number of likely N-dealkylation sites (tertiary alicyclic amines) is 1. The van der Waals surface area contributed by atoms with Gasteiger partial charge in [-0.25, -0.2) is 4.79 Å². The van der Waals surface area contributed by atoms with Crippen LogP contribution in [-0.2, 0) is 16.1 Å². The topological polar surface area (TPSA) is 66.8 Å². The maximum absolute atomic E-state index is 12.2. The molecular weight excluding hydrogens is 314 g/mol. The van der Waals surface area contributed by atoms with Gasteiger partial charge in [0.1, 0.15) is 6.61 Å². The molecule has 0 radical (unpaired) electrons. The molecule has 1 fully saturated rings. The van der Waals surface area contributed by atoms with Crippen molar-refractivity contribution in [1.82, 2.24) is 4.90 Å². The number of rotatable bonds is 4. The SMILES string of the molecule is O=C(O)C1CN(C(=O)OCc2ccccc2)CC1c1cccs1. The van der Waals surface area contributed by atoms with Crippen molar-refractivity contribution in [3.8, 4) is 0 Å². The lowest BCUT2D eigenvalue weighted by Gasteiger charge is -2.16. The van der Waals surface area contributed by atoms with Gasteiger partial charge in [-0.15, -0.1) is 11.3 Å². The second-order valence-electron chi connectivity index (χ2n) is 5.51. The Bertz CT molecular complexity index is 671. The first kappa shape index (κ1) is 15.6. The van der Waals surface area contributed by atoms with Crippen LogP contribution >= 0.6 is 11.3 Å². The smallest absolute Gasteiger partial charge is 0.410 e. The van der Waals surface area contributed by atoms with Crippen LogP contribution in [0, 0.1) is 5.92 Å². The third-order valence-electron chi connectivity index (χ3n) is 4.01. The number of thiophene rings is 1. The molecule has 0 bridgehead atoms. The van der Waals surface area contributed by atoms with E-state index in [1.165, 1.54) is 16.2 Å². The molecule has 23 heavy (non-hydrogen) atoms. The molecule has 1 aromatic heterocycles. The van der Waals surface area contributed by atoms with Crippen LogP contribution in [0.2, 0.25) is 0 Å². The van der Waals surface area contributed by atoms with Gasteiger partial charge in [-0.2, -0.15) is 0 Å². The maximum Gasteiger partial charge on any atom is 0.410 e. The molecule has 1 aliphatic heterocycles. The monoisotopic (exact) mass is 331 g/mol. The van der Waals surface area contributed by atoms with E-state index in [1.807, 2.05) is 47.8 Å². The van der Waals surface area contributed by atoms with E-state index in [0.29, 0.717) is 6.54 Å². The zero-order valence-electron chi connectivity index (χ0n) is 12.4. The van der Waals surface area contributed by atoms with Crippen molar-refractivity contribution >= 4 is 23.4 Å². The Morgan fingerprint density at radius 2 is 1.96 bits per heavy atom. The Kier molecular flexibility index (Phi) is 4.62. The summed E-state index contributed by atoms with van der Waals surface area (Å²) in [5.74, 6) is -1.63. The van der Waals surface area contributed by atoms with Gasteiger partial charge in [-0.05, 0) is 17.0 Å². The van der Waals surface area contributed by atoms with E-state index in [4.69, 9.17) is 4.74 Å². The number of hydrogen-bond acceptors (Lipinski definition) is 4. The highest BCUT2D eigenvalue weighted by molar-refractivity contribution is 7.10. The largest absolute Gasteiger partial charge is 0.481 e. The summed E-state index contributed by atoms with van der Waals surface area (Å²) in [5, 5.41) is 11.3. The number of carbonyl (C=O) groups is 2. The minimum atomic E-state index is -0.873. The predicted molar refractivity (Wildman–Crippen MR) is 86.4 cm³/mol. The van der Waals surface area contributed by atoms with Crippen molar-refractivity contribution < 1.29 is 19.4 Å². The summed E-state index contributed by atoms with van der Waals surface area (Å²) >= 11 is 1.52. The molecule has 0 saturated carbocycles. The third kappa shape index (κ3) is 3.53. The summed E-state index contributed by atoms with van der Waals surface area (Å²) in [6.07, 6.45) is -0.459. The fourth-order valence-electron chi connectivity index (χ4n) is 2.80. The number of amides is 1. The van der Waals surface area contributed by atoms with E-state index in [0.717, 1.165) is 10.4 Å². The van der Waals surface area contributed by atoms with Crippen LogP contribution in [0.25, 0.3) is 0 Å². The Morgan fingerprint density at radius 1 is 1.17 bits per heavy atom. The van der Waals surface area contributed by atoms with Crippen LogP contribution in [0.15, 0.2) is 47.8 Å². The molecule has 0 aliphatic carbocycles. The number of benzene rings is 1. The van der Waals surface area contributed by atoms with Crippen LogP contribution in [0.3, 0.4) is 0 Å². The number of hydrogen-bond donors (Lipinski definition) is 1. The average molecular weight is 331 g/mol. The summed E-state index contributed by atoms with van der Waals surface area (Å²) in [4.78, 5) is 26.2. The van der Waals surface area contributed by atoms with Crippen LogP contribution in [0.4, 0.5) is 4.79 Å². The Balaban J connectivity index is 1.64. The van der Waals surface area contributed by atoms with Crippen molar-refractivity contribution in [3.05, 3.63) is 58.3 Å². The lowest BCUT2D eigenvalue weighted by Crippen LogP contribution is -2.30. The summed E-state index contributed by atoms with van der Waals surface area (Å²) in [6.45, 7) is 0.758. The van der Waals surface area contributed by atoms with E-state index in [2.05, 4.69) is 0 Å². The normalized spacial score (nSPS) is 20.4. The summed E-state index contributed by atoms with van der Waals surface area (Å²) in [6, 6.07) is 13.2. The molecule has 1 amide bonds. The zero-order valence-corrected chi connectivity index (χ0v) is 13.2. The van der Waals surface area contributed by atoms with Gasteiger partial charge in [0.25, 0.3) is 0 Å². The van der Waals surface area contributed by atoms with Crippen LogP contribution < -0.4 is 0 Å². The molecule has 1 aliphatic rings. The number of ether oxygens (including phenoxy) is 1. The van der Waals surface area contributed by atoms with Crippen molar-refractivity contribution in [2.75, 3.05) is 13.1 Å². The third-order valence-corrected chi connectivity index (χ3v) is 5.01. The quantitative estimate of drug-likeness (QED) is 0.934. The summed E-state index contributed by atoms with van der Waals surface area (Å²) in [7, 11) is 0. The first-order valence-corrected chi connectivity index (χ1v) is 8.25. The van der Waals surface area contributed by atoms with Crippen LogP contribution in [0.5, 0.6) is 0 Å². The molecule has 1 aromatic carbocycles. The molecule has 1 N–H and O–H groups in total. The first-order valence-electron chi connectivity index (χ1n) is 7.37. The Labute approximate surface area is 138 Å². The Morgan fingerprint density at radius 3 is 2.61 bits per heavy atom. The van der Waals surface area contributed by atoms with Gasteiger partial charge in [0.15, 0.2) is 0 Å². The predicted octanol–water partition coefficient (Wildman–Crippen LogP) is 3.18. The number of aliphatic carboxylic acids is 1. The maximum atomic E-state index is 12.2. The van der Waals surface area contributed by atoms with E-state index in [9.17, 15) is 14.7 Å². The molecule has 1 saturated heterocycles. The molecule has 6 heteroatoms. The number of nitrogens with zero attached hydrogens (tertiary/aromatic N) is 1. The van der Waals surface area contributed by atoms with E-state index < -0.39 is 18.0 Å². The highest BCUT2D eigenvalue weighted by Gasteiger charge is 2.41. The first-order chi connectivity index (χ1) is 11.1. The average Bonchev–Trinajstić information content (AvgIpc) is 3.22. The summed E-state index contributed by atoms with van der Waals surface area (Å²) in [5.41, 5.74) is 0.907. The van der Waals surface area contributed by atoms with E-state index in [1.54, 1.807) is 0 Å². The van der Waals surface area contributed by atoms with Gasteiger partial charge in [0.05, 0.1) is 5.92 Å². The van der Waals surface area contributed by atoms with Gasteiger partial charge >= 0.3 is 12.1 Å². The highest BCUT2D eigenvalue weighted by atomic mass is 32.1. The molecule has 2 unspecified atom stereocenters. The van der Waals surface area contributed by atoms with Crippen LogP contribution in [-0.4, -0.2) is 35.2 Å². The minimum Gasteiger partial charge on any atom is -0.481 e. The van der Waals surface area contributed by atoms with E-state index >= 15 is 0 Å².